The van der Waals surface area contributed by atoms with Gasteiger partial charge in [0, 0.05) is 11.6 Å². The summed E-state index contributed by atoms with van der Waals surface area (Å²) in [5.41, 5.74) is 2.01. The Hall–Kier alpha value is -1.41. The maximum Gasteiger partial charge on any atom is 0.0799 e. The predicted molar refractivity (Wildman–Crippen MR) is 77.9 cm³/mol. The number of aliphatic hydroxyl groups excluding tert-OH is 1. The molecule has 1 heterocycles. The molecule has 2 nitrogen and oxygen atoms in total. The quantitative estimate of drug-likeness (QED) is 0.890. The van der Waals surface area contributed by atoms with Gasteiger partial charge in [-0.1, -0.05) is 50.3 Å². The van der Waals surface area contributed by atoms with Crippen molar-refractivity contribution in [2.75, 3.05) is 0 Å². The van der Waals surface area contributed by atoms with E-state index < -0.39 is 0 Å². The highest BCUT2D eigenvalue weighted by atomic mass is 16.3. The van der Waals surface area contributed by atoms with Crippen molar-refractivity contribution in [1.29, 1.82) is 0 Å². The van der Waals surface area contributed by atoms with Crippen LogP contribution in [0.15, 0.2) is 36.5 Å². The van der Waals surface area contributed by atoms with Crippen LogP contribution in [0.2, 0.25) is 0 Å². The standard InChI is InChI=1S/C17H21NO/c19-17(12-13-6-2-1-3-7-13)15-8-4-10-16-14(15)9-5-11-18-16/h4-5,8-11,13,17,19H,1-3,6-7,12H2. The molecule has 1 aliphatic rings. The summed E-state index contributed by atoms with van der Waals surface area (Å²) in [6, 6.07) is 10.0. The van der Waals surface area contributed by atoms with E-state index >= 15 is 0 Å². The lowest BCUT2D eigenvalue weighted by molar-refractivity contribution is 0.132. The fourth-order valence-electron chi connectivity index (χ4n) is 3.28. The summed E-state index contributed by atoms with van der Waals surface area (Å²) in [6.45, 7) is 0. The first kappa shape index (κ1) is 12.6. The molecular formula is C17H21NO. The monoisotopic (exact) mass is 255 g/mol. The van der Waals surface area contributed by atoms with E-state index in [0.717, 1.165) is 22.9 Å². The van der Waals surface area contributed by atoms with Crippen molar-refractivity contribution in [3.05, 3.63) is 42.1 Å². The summed E-state index contributed by atoms with van der Waals surface area (Å²) < 4.78 is 0. The van der Waals surface area contributed by atoms with Crippen molar-refractivity contribution in [1.82, 2.24) is 4.98 Å². The summed E-state index contributed by atoms with van der Waals surface area (Å²) in [5.74, 6) is 0.690. The highest BCUT2D eigenvalue weighted by Crippen LogP contribution is 2.33. The number of fused-ring (bicyclic) bond motifs is 1. The zero-order valence-corrected chi connectivity index (χ0v) is 11.3. The maximum absolute atomic E-state index is 10.5. The van der Waals surface area contributed by atoms with Crippen LogP contribution < -0.4 is 0 Å². The molecule has 0 aliphatic heterocycles. The van der Waals surface area contributed by atoms with Gasteiger partial charge in [0.2, 0.25) is 0 Å². The summed E-state index contributed by atoms with van der Waals surface area (Å²) in [4.78, 5) is 4.36. The number of hydrogen-bond acceptors (Lipinski definition) is 2. The Morgan fingerprint density at radius 1 is 1.11 bits per heavy atom. The molecule has 0 saturated heterocycles. The number of aromatic nitrogens is 1. The van der Waals surface area contributed by atoms with Crippen molar-refractivity contribution in [2.24, 2.45) is 5.92 Å². The molecule has 1 saturated carbocycles. The van der Waals surface area contributed by atoms with Crippen LogP contribution in [0.3, 0.4) is 0 Å². The number of hydrogen-bond donors (Lipinski definition) is 1. The van der Waals surface area contributed by atoms with Crippen LogP contribution in [-0.2, 0) is 0 Å². The zero-order chi connectivity index (χ0) is 13.1. The molecule has 0 radical (unpaired) electrons. The molecule has 2 heteroatoms. The molecule has 100 valence electrons. The van der Waals surface area contributed by atoms with Gasteiger partial charge in [0.1, 0.15) is 0 Å². The number of pyridine rings is 1. The average molecular weight is 255 g/mol. The smallest absolute Gasteiger partial charge is 0.0799 e. The van der Waals surface area contributed by atoms with Crippen molar-refractivity contribution >= 4 is 10.9 Å². The Kier molecular flexibility index (Phi) is 3.79. The van der Waals surface area contributed by atoms with E-state index in [0.29, 0.717) is 5.92 Å². The second-order valence-corrected chi connectivity index (χ2v) is 5.67. The van der Waals surface area contributed by atoms with Crippen molar-refractivity contribution in [2.45, 2.75) is 44.6 Å². The molecule has 2 aromatic rings. The third-order valence-corrected chi connectivity index (χ3v) is 4.32. The largest absolute Gasteiger partial charge is 0.388 e. The third-order valence-electron chi connectivity index (χ3n) is 4.32. The minimum atomic E-state index is -0.351. The van der Waals surface area contributed by atoms with Gasteiger partial charge in [0.15, 0.2) is 0 Å². The molecule has 1 aliphatic carbocycles. The molecule has 1 unspecified atom stereocenters. The van der Waals surface area contributed by atoms with Crippen LogP contribution in [0.1, 0.15) is 50.2 Å². The highest BCUT2D eigenvalue weighted by Gasteiger charge is 2.19. The van der Waals surface area contributed by atoms with Crippen LogP contribution in [0.5, 0.6) is 0 Å². The number of rotatable bonds is 3. The lowest BCUT2D eigenvalue weighted by Crippen LogP contribution is -2.11. The van der Waals surface area contributed by atoms with Crippen LogP contribution in [0.25, 0.3) is 10.9 Å². The van der Waals surface area contributed by atoms with Gasteiger partial charge in [-0.3, -0.25) is 4.98 Å². The summed E-state index contributed by atoms with van der Waals surface area (Å²) >= 11 is 0. The average Bonchev–Trinajstić information content (AvgIpc) is 2.47. The van der Waals surface area contributed by atoms with E-state index in [1.54, 1.807) is 6.20 Å². The van der Waals surface area contributed by atoms with Crippen LogP contribution >= 0.6 is 0 Å². The molecule has 1 N–H and O–H groups in total. The minimum absolute atomic E-state index is 0.351. The first-order valence-electron chi connectivity index (χ1n) is 7.36. The van der Waals surface area contributed by atoms with E-state index in [2.05, 4.69) is 11.1 Å². The molecule has 1 atom stereocenters. The first-order valence-corrected chi connectivity index (χ1v) is 7.36. The predicted octanol–water partition coefficient (Wildman–Crippen LogP) is 4.24. The second kappa shape index (κ2) is 5.70. The van der Waals surface area contributed by atoms with Gasteiger partial charge >= 0.3 is 0 Å². The van der Waals surface area contributed by atoms with Gasteiger partial charge in [0.05, 0.1) is 11.6 Å². The van der Waals surface area contributed by atoms with Crippen LogP contribution in [0, 0.1) is 5.92 Å². The number of benzene rings is 1. The molecule has 19 heavy (non-hydrogen) atoms. The maximum atomic E-state index is 10.5. The van der Waals surface area contributed by atoms with E-state index in [-0.39, 0.29) is 6.10 Å². The number of nitrogens with zero attached hydrogens (tertiary/aromatic N) is 1. The van der Waals surface area contributed by atoms with Gasteiger partial charge in [-0.05, 0) is 30.0 Å². The Morgan fingerprint density at radius 2 is 1.95 bits per heavy atom. The fourth-order valence-corrected chi connectivity index (χ4v) is 3.28. The molecule has 3 rings (SSSR count). The molecule has 0 bridgehead atoms. The fraction of sp³-hybridized carbons (Fsp3) is 0.471. The zero-order valence-electron chi connectivity index (χ0n) is 11.3. The molecule has 1 fully saturated rings. The molecule has 0 spiro atoms. The van der Waals surface area contributed by atoms with Crippen LogP contribution in [0.4, 0.5) is 0 Å². The minimum Gasteiger partial charge on any atom is -0.388 e. The van der Waals surface area contributed by atoms with Gasteiger partial charge in [-0.2, -0.15) is 0 Å². The van der Waals surface area contributed by atoms with E-state index in [1.165, 1.54) is 32.1 Å². The summed E-state index contributed by atoms with van der Waals surface area (Å²) in [7, 11) is 0. The molecule has 0 amide bonds. The van der Waals surface area contributed by atoms with Gasteiger partial charge in [0.25, 0.3) is 0 Å². The third kappa shape index (κ3) is 2.79. The Balaban J connectivity index is 1.82. The van der Waals surface area contributed by atoms with Gasteiger partial charge < -0.3 is 5.11 Å². The number of aliphatic hydroxyl groups is 1. The van der Waals surface area contributed by atoms with Crippen molar-refractivity contribution in [3.8, 4) is 0 Å². The van der Waals surface area contributed by atoms with E-state index in [9.17, 15) is 5.11 Å². The van der Waals surface area contributed by atoms with Crippen molar-refractivity contribution < 1.29 is 5.11 Å². The summed E-state index contributed by atoms with van der Waals surface area (Å²) in [5, 5.41) is 11.6. The Morgan fingerprint density at radius 3 is 2.79 bits per heavy atom. The highest BCUT2D eigenvalue weighted by molar-refractivity contribution is 5.82. The van der Waals surface area contributed by atoms with Gasteiger partial charge in [-0.25, -0.2) is 0 Å². The van der Waals surface area contributed by atoms with E-state index in [1.807, 2.05) is 24.3 Å². The molecule has 1 aromatic carbocycles. The normalized spacial score (nSPS) is 18.6. The Labute approximate surface area is 114 Å². The van der Waals surface area contributed by atoms with Gasteiger partial charge in [-0.15, -0.1) is 0 Å². The topological polar surface area (TPSA) is 33.1 Å². The lowest BCUT2D eigenvalue weighted by atomic mass is 9.84. The molecular weight excluding hydrogens is 234 g/mol. The summed E-state index contributed by atoms with van der Waals surface area (Å²) in [6.07, 6.45) is 8.93. The lowest BCUT2D eigenvalue weighted by Gasteiger charge is -2.24. The first-order chi connectivity index (χ1) is 9.34. The van der Waals surface area contributed by atoms with Crippen molar-refractivity contribution in [3.63, 3.8) is 0 Å². The second-order valence-electron chi connectivity index (χ2n) is 5.67. The Bertz CT molecular complexity index is 540. The SMILES string of the molecule is OC(CC1CCCCC1)c1cccc2ncccc12. The van der Waals surface area contributed by atoms with E-state index in [4.69, 9.17) is 0 Å². The van der Waals surface area contributed by atoms with Crippen LogP contribution in [-0.4, -0.2) is 10.1 Å². The molecule has 1 aromatic heterocycles.